The monoisotopic (exact) mass is 404 g/mol. The normalized spacial score (nSPS) is 16.9. The largest absolute Gasteiger partial charge is 0.411 e. The number of alkyl halides is 3. The van der Waals surface area contributed by atoms with Crippen molar-refractivity contribution < 1.29 is 32.2 Å². The van der Waals surface area contributed by atoms with E-state index in [9.17, 15) is 18.0 Å². The quantitative estimate of drug-likeness (QED) is 0.556. The molecule has 2 N–H and O–H groups in total. The summed E-state index contributed by atoms with van der Waals surface area (Å²) in [6.07, 6.45) is -1.27. The van der Waals surface area contributed by atoms with Gasteiger partial charge in [0.2, 0.25) is 0 Å². The summed E-state index contributed by atoms with van der Waals surface area (Å²) >= 11 is 0. The van der Waals surface area contributed by atoms with E-state index in [1.165, 1.54) is 0 Å². The van der Waals surface area contributed by atoms with Crippen LogP contribution in [0.3, 0.4) is 0 Å². The van der Waals surface area contributed by atoms with Crippen molar-refractivity contribution in [3.05, 3.63) is 35.4 Å². The molecule has 1 aliphatic rings. The second-order valence-electron chi connectivity index (χ2n) is 6.60. The number of hydrogen-bond acceptors (Lipinski definition) is 4. The van der Waals surface area contributed by atoms with Gasteiger partial charge < -0.3 is 24.8 Å². The molecule has 28 heavy (non-hydrogen) atoms. The van der Waals surface area contributed by atoms with E-state index in [1.54, 1.807) is 24.3 Å². The first-order valence-corrected chi connectivity index (χ1v) is 9.36. The molecule has 0 aromatic heterocycles. The van der Waals surface area contributed by atoms with Gasteiger partial charge in [-0.3, -0.25) is 0 Å². The van der Waals surface area contributed by atoms with Crippen LogP contribution in [0.5, 0.6) is 0 Å². The summed E-state index contributed by atoms with van der Waals surface area (Å²) in [6.45, 7) is 1.43. The third-order valence-corrected chi connectivity index (χ3v) is 4.09. The van der Waals surface area contributed by atoms with Gasteiger partial charge in [-0.05, 0) is 30.4 Å². The summed E-state index contributed by atoms with van der Waals surface area (Å²) in [5.41, 5.74) is 1.48. The first-order chi connectivity index (χ1) is 13.4. The first-order valence-electron chi connectivity index (χ1n) is 9.36. The Hall–Kier alpha value is -1.84. The second-order valence-corrected chi connectivity index (χ2v) is 6.60. The maximum atomic E-state index is 12.0. The van der Waals surface area contributed by atoms with Gasteiger partial charge in [0.05, 0.1) is 19.3 Å². The molecule has 158 valence electrons. The van der Waals surface area contributed by atoms with Crippen LogP contribution in [-0.4, -0.2) is 51.3 Å². The van der Waals surface area contributed by atoms with Crippen molar-refractivity contribution in [2.45, 2.75) is 44.7 Å². The van der Waals surface area contributed by atoms with E-state index in [0.29, 0.717) is 38.3 Å². The van der Waals surface area contributed by atoms with Crippen molar-refractivity contribution in [1.82, 2.24) is 10.6 Å². The smallest absolute Gasteiger partial charge is 0.379 e. The highest BCUT2D eigenvalue weighted by Crippen LogP contribution is 2.16. The van der Waals surface area contributed by atoms with Crippen molar-refractivity contribution in [3.8, 4) is 0 Å². The fourth-order valence-corrected chi connectivity index (χ4v) is 2.65. The van der Waals surface area contributed by atoms with E-state index in [0.717, 1.165) is 25.0 Å². The molecule has 1 aliphatic heterocycles. The lowest BCUT2D eigenvalue weighted by Crippen LogP contribution is -2.35. The first kappa shape index (κ1) is 22.4. The molecule has 1 aromatic rings. The Balaban J connectivity index is 1.50. The van der Waals surface area contributed by atoms with Gasteiger partial charge >= 0.3 is 12.2 Å². The summed E-state index contributed by atoms with van der Waals surface area (Å²) in [5, 5.41) is 5.47. The third kappa shape index (κ3) is 9.91. The molecule has 2 amide bonds. The Morgan fingerprint density at radius 2 is 1.89 bits per heavy atom. The Morgan fingerprint density at radius 1 is 1.14 bits per heavy atom. The summed E-state index contributed by atoms with van der Waals surface area (Å²) in [5.74, 6) is 0. The lowest BCUT2D eigenvalue weighted by Gasteiger charge is -2.11. The van der Waals surface area contributed by atoms with Crippen LogP contribution in [0.1, 0.15) is 30.4 Å². The lowest BCUT2D eigenvalue weighted by atomic mass is 10.1. The number of rotatable bonds is 11. The number of carbonyl (C=O) groups is 1. The molecule has 0 radical (unpaired) electrons. The molecule has 0 aliphatic carbocycles. The van der Waals surface area contributed by atoms with Crippen LogP contribution in [-0.2, 0) is 27.4 Å². The van der Waals surface area contributed by atoms with Crippen molar-refractivity contribution in [3.63, 3.8) is 0 Å². The molecule has 1 fully saturated rings. The van der Waals surface area contributed by atoms with Gasteiger partial charge in [-0.25, -0.2) is 4.79 Å². The molecular formula is C19H27F3N2O4. The molecule has 1 unspecified atom stereocenters. The number of carbonyl (C=O) groups excluding carboxylic acids is 1. The van der Waals surface area contributed by atoms with Gasteiger partial charge in [-0.15, -0.1) is 0 Å². The van der Waals surface area contributed by atoms with Crippen LogP contribution in [0, 0.1) is 0 Å². The van der Waals surface area contributed by atoms with Crippen LogP contribution in [0.15, 0.2) is 24.3 Å². The number of ether oxygens (including phenoxy) is 3. The SMILES string of the molecule is O=C(NCCCOCC1CCCO1)NCc1ccc(COCC(F)(F)F)cc1. The van der Waals surface area contributed by atoms with Crippen molar-refractivity contribution in [1.29, 1.82) is 0 Å². The molecule has 1 saturated heterocycles. The predicted molar refractivity (Wildman–Crippen MR) is 96.8 cm³/mol. The second kappa shape index (κ2) is 11.9. The molecule has 2 rings (SSSR count). The predicted octanol–water partition coefficient (Wildman–Crippen LogP) is 3.15. The van der Waals surface area contributed by atoms with E-state index >= 15 is 0 Å². The summed E-state index contributed by atoms with van der Waals surface area (Å²) in [4.78, 5) is 11.8. The minimum Gasteiger partial charge on any atom is -0.379 e. The van der Waals surface area contributed by atoms with Crippen molar-refractivity contribution >= 4 is 6.03 Å². The van der Waals surface area contributed by atoms with Gasteiger partial charge in [-0.1, -0.05) is 24.3 Å². The zero-order valence-electron chi connectivity index (χ0n) is 15.7. The van der Waals surface area contributed by atoms with Crippen LogP contribution in [0.4, 0.5) is 18.0 Å². The molecule has 1 aromatic carbocycles. The van der Waals surface area contributed by atoms with Gasteiger partial charge in [-0.2, -0.15) is 13.2 Å². The summed E-state index contributed by atoms with van der Waals surface area (Å²) in [7, 11) is 0. The molecule has 1 heterocycles. The Morgan fingerprint density at radius 3 is 2.57 bits per heavy atom. The highest BCUT2D eigenvalue weighted by atomic mass is 19.4. The molecule has 0 saturated carbocycles. The van der Waals surface area contributed by atoms with E-state index < -0.39 is 12.8 Å². The average molecular weight is 404 g/mol. The Bertz CT molecular complexity index is 576. The zero-order chi connectivity index (χ0) is 20.2. The van der Waals surface area contributed by atoms with Gasteiger partial charge in [0.15, 0.2) is 0 Å². The highest BCUT2D eigenvalue weighted by Gasteiger charge is 2.27. The maximum absolute atomic E-state index is 12.0. The minimum absolute atomic E-state index is 0.108. The average Bonchev–Trinajstić information content (AvgIpc) is 3.16. The highest BCUT2D eigenvalue weighted by molar-refractivity contribution is 5.73. The van der Waals surface area contributed by atoms with Crippen molar-refractivity contribution in [2.24, 2.45) is 0 Å². The van der Waals surface area contributed by atoms with Gasteiger partial charge in [0, 0.05) is 26.3 Å². The van der Waals surface area contributed by atoms with Crippen LogP contribution in [0.2, 0.25) is 0 Å². The van der Waals surface area contributed by atoms with E-state index in [-0.39, 0.29) is 18.7 Å². The van der Waals surface area contributed by atoms with Crippen LogP contribution >= 0.6 is 0 Å². The zero-order valence-corrected chi connectivity index (χ0v) is 15.7. The van der Waals surface area contributed by atoms with Gasteiger partial charge in [0.1, 0.15) is 6.61 Å². The summed E-state index contributed by atoms with van der Waals surface area (Å²) < 4.78 is 51.7. The fourth-order valence-electron chi connectivity index (χ4n) is 2.65. The number of hydrogen-bond donors (Lipinski definition) is 2. The topological polar surface area (TPSA) is 68.8 Å². The number of urea groups is 1. The lowest BCUT2D eigenvalue weighted by molar-refractivity contribution is -0.176. The standard InChI is InChI=1S/C19H27F3N2O4/c20-19(21,22)14-27-12-16-6-4-15(5-7-16)11-24-18(25)23-8-2-9-26-13-17-3-1-10-28-17/h4-7,17H,1-3,8-14H2,(H2,23,24,25). The summed E-state index contributed by atoms with van der Waals surface area (Å²) in [6, 6.07) is 6.56. The van der Waals surface area contributed by atoms with Gasteiger partial charge in [0.25, 0.3) is 0 Å². The fraction of sp³-hybridized carbons (Fsp3) is 0.632. The minimum atomic E-state index is -4.33. The third-order valence-electron chi connectivity index (χ3n) is 4.09. The Labute approximate surface area is 162 Å². The van der Waals surface area contributed by atoms with E-state index in [1.807, 2.05) is 0 Å². The number of halogens is 3. The maximum Gasteiger partial charge on any atom is 0.411 e. The van der Waals surface area contributed by atoms with Crippen LogP contribution < -0.4 is 10.6 Å². The molecule has 6 nitrogen and oxygen atoms in total. The number of nitrogens with one attached hydrogen (secondary N) is 2. The van der Waals surface area contributed by atoms with E-state index in [2.05, 4.69) is 15.4 Å². The molecular weight excluding hydrogens is 377 g/mol. The molecule has 0 bridgehead atoms. The van der Waals surface area contributed by atoms with Crippen molar-refractivity contribution in [2.75, 3.05) is 33.0 Å². The van der Waals surface area contributed by atoms with E-state index in [4.69, 9.17) is 9.47 Å². The van der Waals surface area contributed by atoms with Crippen LogP contribution in [0.25, 0.3) is 0 Å². The molecule has 0 spiro atoms. The molecule has 9 heteroatoms. The number of benzene rings is 1. The number of amides is 2. The molecule has 1 atom stereocenters. The Kier molecular flexibility index (Phi) is 9.52.